The number of hydrogen-bond donors (Lipinski definition) is 1. The van der Waals surface area contributed by atoms with Crippen LogP contribution in [0.3, 0.4) is 0 Å². The number of sulfonamides is 1. The van der Waals surface area contributed by atoms with Crippen molar-refractivity contribution in [1.29, 1.82) is 0 Å². The lowest BCUT2D eigenvalue weighted by atomic mass is 10.2. The van der Waals surface area contributed by atoms with Crippen molar-refractivity contribution in [2.24, 2.45) is 0 Å². The van der Waals surface area contributed by atoms with Crippen LogP contribution in [0.5, 0.6) is 11.5 Å². The highest BCUT2D eigenvalue weighted by molar-refractivity contribution is 7.88. The Bertz CT molecular complexity index is 716. The van der Waals surface area contributed by atoms with Crippen LogP contribution in [0.4, 0.5) is 0 Å². The Hall–Kier alpha value is -1.84. The number of carbonyl (C=O) groups is 1. The van der Waals surface area contributed by atoms with Gasteiger partial charge in [-0.15, -0.1) is 0 Å². The number of hydrogen-bond acceptors (Lipinski definition) is 6. The van der Waals surface area contributed by atoms with E-state index in [-0.39, 0.29) is 25.5 Å². The van der Waals surface area contributed by atoms with Crippen LogP contribution in [0.2, 0.25) is 0 Å². The Balaban J connectivity index is 1.98. The topological polar surface area (TPSA) is 94.2 Å². The molecule has 146 valence electrons. The highest BCUT2D eigenvalue weighted by Crippen LogP contribution is 2.28. The van der Waals surface area contributed by atoms with E-state index in [0.717, 1.165) is 18.2 Å². The lowest BCUT2D eigenvalue weighted by molar-refractivity contribution is -0.130. The van der Waals surface area contributed by atoms with Gasteiger partial charge >= 0.3 is 0 Å². The summed E-state index contributed by atoms with van der Waals surface area (Å²) in [6.45, 7) is 1.16. The molecule has 0 radical (unpaired) electrons. The maximum atomic E-state index is 12.1. The standard InChI is InChI=1S/C17H26N2O6S/c1-23-14-7-6-13(11-16(14)24-2)12-19(26(3,21)22)9-8-18-17(20)15-5-4-10-25-15/h6-7,11,15H,4-5,8-10,12H2,1-3H3,(H,18,20). The fourth-order valence-corrected chi connectivity index (χ4v) is 3.55. The zero-order chi connectivity index (χ0) is 19.2. The van der Waals surface area contributed by atoms with Gasteiger partial charge in [0.15, 0.2) is 11.5 Å². The number of nitrogens with zero attached hydrogens (tertiary/aromatic N) is 1. The highest BCUT2D eigenvalue weighted by atomic mass is 32.2. The molecule has 1 unspecified atom stereocenters. The normalized spacial score (nSPS) is 17.3. The summed E-state index contributed by atoms with van der Waals surface area (Å²) < 4.78 is 41.2. The van der Waals surface area contributed by atoms with Gasteiger partial charge in [-0.1, -0.05) is 6.07 Å². The van der Waals surface area contributed by atoms with Crippen molar-refractivity contribution in [2.75, 3.05) is 40.2 Å². The molecule has 1 aliphatic rings. The Morgan fingerprint density at radius 2 is 2.04 bits per heavy atom. The summed E-state index contributed by atoms with van der Waals surface area (Å²) in [6.07, 6.45) is 2.29. The van der Waals surface area contributed by atoms with Gasteiger partial charge in [0.05, 0.1) is 20.5 Å². The van der Waals surface area contributed by atoms with Gasteiger partial charge in [-0.05, 0) is 30.5 Å². The molecule has 8 nitrogen and oxygen atoms in total. The van der Waals surface area contributed by atoms with E-state index >= 15 is 0 Å². The third kappa shape index (κ3) is 5.58. The van der Waals surface area contributed by atoms with Gasteiger partial charge in [0.1, 0.15) is 6.10 Å². The molecular formula is C17H26N2O6S. The van der Waals surface area contributed by atoms with Crippen LogP contribution in [0.25, 0.3) is 0 Å². The van der Waals surface area contributed by atoms with E-state index < -0.39 is 16.1 Å². The average Bonchev–Trinajstić information content (AvgIpc) is 3.14. The first kappa shape index (κ1) is 20.5. The number of carbonyl (C=O) groups excluding carboxylic acids is 1. The molecule has 1 amide bonds. The van der Waals surface area contributed by atoms with E-state index in [1.165, 1.54) is 18.5 Å². The molecule has 1 aromatic carbocycles. The monoisotopic (exact) mass is 386 g/mol. The van der Waals surface area contributed by atoms with Crippen molar-refractivity contribution < 1.29 is 27.4 Å². The molecule has 1 atom stereocenters. The van der Waals surface area contributed by atoms with E-state index in [1.807, 2.05) is 0 Å². The van der Waals surface area contributed by atoms with Crippen molar-refractivity contribution >= 4 is 15.9 Å². The number of benzene rings is 1. The second kappa shape index (κ2) is 9.20. The molecule has 0 bridgehead atoms. The minimum Gasteiger partial charge on any atom is -0.493 e. The van der Waals surface area contributed by atoms with Crippen molar-refractivity contribution in [3.8, 4) is 11.5 Å². The molecular weight excluding hydrogens is 360 g/mol. The Kier molecular flexibility index (Phi) is 7.24. The van der Waals surface area contributed by atoms with Gasteiger partial charge in [-0.25, -0.2) is 8.42 Å². The van der Waals surface area contributed by atoms with Crippen molar-refractivity contribution in [2.45, 2.75) is 25.5 Å². The molecule has 0 aromatic heterocycles. The van der Waals surface area contributed by atoms with Gasteiger partial charge in [0.2, 0.25) is 15.9 Å². The van der Waals surface area contributed by atoms with Gasteiger partial charge in [0, 0.05) is 26.2 Å². The Morgan fingerprint density at radius 1 is 1.31 bits per heavy atom. The SMILES string of the molecule is COc1ccc(CN(CCNC(=O)C2CCCO2)S(C)(=O)=O)cc1OC. The molecule has 1 aromatic rings. The maximum Gasteiger partial charge on any atom is 0.249 e. The molecule has 26 heavy (non-hydrogen) atoms. The van der Waals surface area contributed by atoms with Crippen molar-refractivity contribution in [1.82, 2.24) is 9.62 Å². The molecule has 0 saturated carbocycles. The summed E-state index contributed by atoms with van der Waals surface area (Å²) in [5, 5.41) is 2.74. The molecule has 1 N–H and O–H groups in total. The zero-order valence-corrected chi connectivity index (χ0v) is 16.2. The predicted octanol–water partition coefficient (Wildman–Crippen LogP) is 0.761. The maximum absolute atomic E-state index is 12.1. The highest BCUT2D eigenvalue weighted by Gasteiger charge is 2.24. The molecule has 1 fully saturated rings. The number of nitrogens with one attached hydrogen (secondary N) is 1. The van der Waals surface area contributed by atoms with Crippen LogP contribution in [0.1, 0.15) is 18.4 Å². The van der Waals surface area contributed by atoms with Crippen LogP contribution in [0.15, 0.2) is 18.2 Å². The van der Waals surface area contributed by atoms with Crippen LogP contribution >= 0.6 is 0 Å². The summed E-state index contributed by atoms with van der Waals surface area (Å²) in [5.74, 6) is 0.915. The van der Waals surface area contributed by atoms with Crippen LogP contribution < -0.4 is 14.8 Å². The number of rotatable bonds is 9. The van der Waals surface area contributed by atoms with E-state index in [9.17, 15) is 13.2 Å². The summed E-state index contributed by atoms with van der Waals surface area (Å²) >= 11 is 0. The summed E-state index contributed by atoms with van der Waals surface area (Å²) in [4.78, 5) is 12.0. The fraction of sp³-hybridized carbons (Fsp3) is 0.588. The van der Waals surface area contributed by atoms with E-state index in [1.54, 1.807) is 18.2 Å². The first-order valence-corrected chi connectivity index (χ1v) is 10.3. The average molecular weight is 386 g/mol. The molecule has 0 spiro atoms. The smallest absolute Gasteiger partial charge is 0.249 e. The van der Waals surface area contributed by atoms with E-state index in [4.69, 9.17) is 14.2 Å². The second-order valence-electron chi connectivity index (χ2n) is 6.08. The zero-order valence-electron chi connectivity index (χ0n) is 15.4. The van der Waals surface area contributed by atoms with Crippen molar-refractivity contribution in [3.05, 3.63) is 23.8 Å². The quantitative estimate of drug-likeness (QED) is 0.673. The molecule has 1 aliphatic heterocycles. The lowest BCUT2D eigenvalue weighted by Gasteiger charge is -2.21. The number of amides is 1. The molecule has 1 heterocycles. The molecule has 0 aliphatic carbocycles. The minimum atomic E-state index is -3.44. The third-order valence-electron chi connectivity index (χ3n) is 4.16. The fourth-order valence-electron chi connectivity index (χ4n) is 2.75. The largest absolute Gasteiger partial charge is 0.493 e. The van der Waals surface area contributed by atoms with Crippen LogP contribution in [-0.4, -0.2) is 64.9 Å². The van der Waals surface area contributed by atoms with Gasteiger partial charge in [-0.3, -0.25) is 4.79 Å². The summed E-state index contributed by atoms with van der Waals surface area (Å²) in [7, 11) is -0.373. The molecule has 1 saturated heterocycles. The molecule has 9 heteroatoms. The molecule has 2 rings (SSSR count). The van der Waals surface area contributed by atoms with Crippen molar-refractivity contribution in [3.63, 3.8) is 0 Å². The van der Waals surface area contributed by atoms with E-state index in [2.05, 4.69) is 5.32 Å². The lowest BCUT2D eigenvalue weighted by Crippen LogP contribution is -2.41. The van der Waals surface area contributed by atoms with Gasteiger partial charge < -0.3 is 19.5 Å². The first-order valence-electron chi connectivity index (χ1n) is 8.40. The summed E-state index contributed by atoms with van der Waals surface area (Å²) in [6, 6.07) is 5.25. The number of ether oxygens (including phenoxy) is 3. The van der Waals surface area contributed by atoms with Crippen LogP contribution in [-0.2, 0) is 26.1 Å². The first-order chi connectivity index (χ1) is 12.3. The second-order valence-corrected chi connectivity index (χ2v) is 8.06. The third-order valence-corrected chi connectivity index (χ3v) is 5.41. The number of methoxy groups -OCH3 is 2. The van der Waals surface area contributed by atoms with Crippen LogP contribution in [0, 0.1) is 0 Å². The minimum absolute atomic E-state index is 0.172. The summed E-state index contributed by atoms with van der Waals surface area (Å²) in [5.41, 5.74) is 0.763. The van der Waals surface area contributed by atoms with E-state index in [0.29, 0.717) is 24.5 Å². The Morgan fingerprint density at radius 3 is 2.62 bits per heavy atom. The Labute approximate surface area is 154 Å². The predicted molar refractivity (Wildman–Crippen MR) is 96.8 cm³/mol. The van der Waals surface area contributed by atoms with Gasteiger partial charge in [-0.2, -0.15) is 4.31 Å². The van der Waals surface area contributed by atoms with Gasteiger partial charge in [0.25, 0.3) is 0 Å².